The van der Waals surface area contributed by atoms with Gasteiger partial charge in [-0.25, -0.2) is 0 Å². The third kappa shape index (κ3) is 3.72. The van der Waals surface area contributed by atoms with E-state index in [4.69, 9.17) is 17.3 Å². The van der Waals surface area contributed by atoms with Crippen LogP contribution in [0.4, 0.5) is 5.69 Å². The van der Waals surface area contributed by atoms with Gasteiger partial charge in [0.2, 0.25) is 5.91 Å². The fourth-order valence-corrected chi connectivity index (χ4v) is 2.95. The van der Waals surface area contributed by atoms with E-state index in [1.807, 2.05) is 18.2 Å². The number of carbonyl (C=O) groups excluding carboxylic acids is 1. The number of anilines is 1. The molecule has 0 unspecified atom stereocenters. The van der Waals surface area contributed by atoms with Crippen LogP contribution in [0.25, 0.3) is 0 Å². The summed E-state index contributed by atoms with van der Waals surface area (Å²) < 4.78 is 0. The number of hydrogen-bond acceptors (Lipinski definition) is 4. The first-order chi connectivity index (χ1) is 10.6. The standard InChI is InChI=1S/C16H23ClN4O/c17-13-2-1-3-14(12-13)21-10-8-20(9-11-21)7-6-19-15(22)16(18)4-5-16/h1-3,12H,4-11,18H2,(H,19,22). The number of nitrogens with zero attached hydrogens (tertiary/aromatic N) is 2. The van der Waals surface area contributed by atoms with Gasteiger partial charge in [0.1, 0.15) is 0 Å². The molecule has 2 fully saturated rings. The molecule has 1 aromatic carbocycles. The van der Waals surface area contributed by atoms with Crippen LogP contribution in [0, 0.1) is 0 Å². The Bertz CT molecular complexity index is 539. The van der Waals surface area contributed by atoms with Crippen molar-refractivity contribution < 1.29 is 4.79 Å². The number of halogens is 1. The zero-order valence-electron chi connectivity index (χ0n) is 12.7. The van der Waals surface area contributed by atoms with Crippen molar-refractivity contribution in [1.29, 1.82) is 0 Å². The van der Waals surface area contributed by atoms with Gasteiger partial charge >= 0.3 is 0 Å². The first kappa shape index (κ1) is 15.6. The number of carbonyl (C=O) groups is 1. The van der Waals surface area contributed by atoms with Crippen LogP contribution in [0.2, 0.25) is 5.02 Å². The summed E-state index contributed by atoms with van der Waals surface area (Å²) >= 11 is 6.05. The molecule has 1 saturated carbocycles. The van der Waals surface area contributed by atoms with E-state index >= 15 is 0 Å². The first-order valence-electron chi connectivity index (χ1n) is 7.87. The molecule has 6 heteroatoms. The molecular weight excluding hydrogens is 300 g/mol. The second-order valence-corrected chi connectivity index (χ2v) is 6.66. The number of piperazine rings is 1. The summed E-state index contributed by atoms with van der Waals surface area (Å²) in [5.41, 5.74) is 6.48. The van der Waals surface area contributed by atoms with Gasteiger partial charge in [0.15, 0.2) is 0 Å². The second-order valence-electron chi connectivity index (χ2n) is 6.22. The molecule has 1 aliphatic carbocycles. The maximum atomic E-state index is 11.8. The van der Waals surface area contributed by atoms with Crippen LogP contribution in [-0.4, -0.2) is 55.6 Å². The Morgan fingerprint density at radius 2 is 2.00 bits per heavy atom. The average molecular weight is 323 g/mol. The lowest BCUT2D eigenvalue weighted by molar-refractivity contribution is -0.123. The van der Waals surface area contributed by atoms with Crippen molar-refractivity contribution in [3.8, 4) is 0 Å². The van der Waals surface area contributed by atoms with E-state index in [0.29, 0.717) is 6.54 Å². The van der Waals surface area contributed by atoms with Gasteiger partial charge in [0.25, 0.3) is 0 Å². The molecule has 0 spiro atoms. The number of benzene rings is 1. The normalized spacial score (nSPS) is 20.7. The molecule has 0 aromatic heterocycles. The monoisotopic (exact) mass is 322 g/mol. The molecule has 0 radical (unpaired) electrons. The highest BCUT2D eigenvalue weighted by Gasteiger charge is 2.45. The smallest absolute Gasteiger partial charge is 0.240 e. The molecule has 22 heavy (non-hydrogen) atoms. The van der Waals surface area contributed by atoms with Crippen LogP contribution >= 0.6 is 11.6 Å². The molecule has 2 aliphatic rings. The van der Waals surface area contributed by atoms with Crippen LogP contribution < -0.4 is 16.0 Å². The number of hydrogen-bond donors (Lipinski definition) is 2. The van der Waals surface area contributed by atoms with E-state index < -0.39 is 5.54 Å². The second kappa shape index (κ2) is 6.44. The van der Waals surface area contributed by atoms with E-state index in [0.717, 1.165) is 50.6 Å². The average Bonchev–Trinajstić information content (AvgIpc) is 3.27. The molecule has 0 bridgehead atoms. The largest absolute Gasteiger partial charge is 0.369 e. The third-order valence-electron chi connectivity index (χ3n) is 4.50. The van der Waals surface area contributed by atoms with Crippen molar-refractivity contribution >= 4 is 23.2 Å². The van der Waals surface area contributed by atoms with Crippen molar-refractivity contribution in [2.45, 2.75) is 18.4 Å². The summed E-state index contributed by atoms with van der Waals surface area (Å²) in [4.78, 5) is 16.5. The molecule has 1 aliphatic heterocycles. The maximum absolute atomic E-state index is 11.8. The summed E-state index contributed by atoms with van der Waals surface area (Å²) in [7, 11) is 0. The van der Waals surface area contributed by atoms with E-state index in [9.17, 15) is 4.79 Å². The van der Waals surface area contributed by atoms with Crippen LogP contribution in [0.1, 0.15) is 12.8 Å². The third-order valence-corrected chi connectivity index (χ3v) is 4.74. The molecule has 3 N–H and O–H groups in total. The molecule has 120 valence electrons. The van der Waals surface area contributed by atoms with Crippen molar-refractivity contribution in [2.24, 2.45) is 5.73 Å². The van der Waals surface area contributed by atoms with Gasteiger partial charge in [0.05, 0.1) is 5.54 Å². The van der Waals surface area contributed by atoms with Crippen molar-refractivity contribution in [1.82, 2.24) is 10.2 Å². The molecule has 3 rings (SSSR count). The van der Waals surface area contributed by atoms with E-state index in [-0.39, 0.29) is 5.91 Å². The topological polar surface area (TPSA) is 61.6 Å². The van der Waals surface area contributed by atoms with Gasteiger partial charge in [-0.05, 0) is 31.0 Å². The van der Waals surface area contributed by atoms with E-state index in [1.165, 1.54) is 5.69 Å². The van der Waals surface area contributed by atoms with Crippen LogP contribution in [0.15, 0.2) is 24.3 Å². The SMILES string of the molecule is NC1(C(=O)NCCN2CCN(c3cccc(Cl)c3)CC2)CC1. The number of nitrogens with two attached hydrogens (primary N) is 1. The number of nitrogens with one attached hydrogen (secondary N) is 1. The Morgan fingerprint density at radius 1 is 1.27 bits per heavy atom. The van der Waals surface area contributed by atoms with Crippen LogP contribution in [-0.2, 0) is 4.79 Å². The Hall–Kier alpha value is -1.30. The lowest BCUT2D eigenvalue weighted by atomic mass is 10.2. The van der Waals surface area contributed by atoms with E-state index in [1.54, 1.807) is 0 Å². The van der Waals surface area contributed by atoms with E-state index in [2.05, 4.69) is 21.2 Å². The molecule has 1 aromatic rings. The Balaban J connectivity index is 1.39. The minimum Gasteiger partial charge on any atom is -0.369 e. The summed E-state index contributed by atoms with van der Waals surface area (Å²) in [6.45, 7) is 5.51. The van der Waals surface area contributed by atoms with Crippen molar-refractivity contribution in [2.75, 3.05) is 44.2 Å². The minimum atomic E-state index is -0.564. The maximum Gasteiger partial charge on any atom is 0.240 e. The lowest BCUT2D eigenvalue weighted by Crippen LogP contribution is -2.50. The summed E-state index contributed by atoms with van der Waals surface area (Å²) in [6, 6.07) is 7.99. The van der Waals surface area contributed by atoms with Crippen molar-refractivity contribution in [3.05, 3.63) is 29.3 Å². The highest BCUT2D eigenvalue weighted by molar-refractivity contribution is 6.30. The summed E-state index contributed by atoms with van der Waals surface area (Å²) in [5, 5.41) is 3.72. The summed E-state index contributed by atoms with van der Waals surface area (Å²) in [5.74, 6) is 0.00469. The quantitative estimate of drug-likeness (QED) is 0.851. The first-order valence-corrected chi connectivity index (χ1v) is 8.25. The molecular formula is C16H23ClN4O. The molecule has 5 nitrogen and oxygen atoms in total. The van der Waals surface area contributed by atoms with Crippen LogP contribution in [0.5, 0.6) is 0 Å². The van der Waals surface area contributed by atoms with Crippen molar-refractivity contribution in [3.63, 3.8) is 0 Å². The minimum absolute atomic E-state index is 0.00469. The highest BCUT2D eigenvalue weighted by Crippen LogP contribution is 2.31. The predicted molar refractivity (Wildman–Crippen MR) is 89.3 cm³/mol. The zero-order chi connectivity index (χ0) is 15.6. The van der Waals surface area contributed by atoms with Crippen LogP contribution in [0.3, 0.4) is 0 Å². The van der Waals surface area contributed by atoms with Gasteiger partial charge in [-0.2, -0.15) is 0 Å². The predicted octanol–water partition coefficient (Wildman–Crippen LogP) is 1.07. The molecule has 1 saturated heterocycles. The molecule has 1 heterocycles. The Labute approximate surface area is 136 Å². The highest BCUT2D eigenvalue weighted by atomic mass is 35.5. The van der Waals surface area contributed by atoms with Gasteiger partial charge < -0.3 is 16.0 Å². The number of amides is 1. The lowest BCUT2D eigenvalue weighted by Gasteiger charge is -2.36. The van der Waals surface area contributed by atoms with Gasteiger partial charge in [-0.15, -0.1) is 0 Å². The summed E-state index contributed by atoms with van der Waals surface area (Å²) in [6.07, 6.45) is 1.63. The number of rotatable bonds is 5. The molecule has 1 amide bonds. The Morgan fingerprint density at radius 3 is 2.64 bits per heavy atom. The van der Waals surface area contributed by atoms with Gasteiger partial charge in [-0.3, -0.25) is 9.69 Å². The fourth-order valence-electron chi connectivity index (χ4n) is 2.77. The van der Waals surface area contributed by atoms with Gasteiger partial charge in [-0.1, -0.05) is 17.7 Å². The zero-order valence-corrected chi connectivity index (χ0v) is 13.5. The van der Waals surface area contributed by atoms with Gasteiger partial charge in [0, 0.05) is 50.0 Å². The fraction of sp³-hybridized carbons (Fsp3) is 0.562. The Kier molecular flexibility index (Phi) is 4.57. The molecule has 0 atom stereocenters.